The lowest BCUT2D eigenvalue weighted by atomic mass is 9.95. The highest BCUT2D eigenvalue weighted by Crippen LogP contribution is 2.35. The van der Waals surface area contributed by atoms with Crippen LogP contribution in [-0.4, -0.2) is 44.0 Å². The van der Waals surface area contributed by atoms with Gasteiger partial charge < -0.3 is 9.64 Å². The number of fused-ring (bicyclic) bond motifs is 1. The number of carbonyl (C=O) groups is 1. The van der Waals surface area contributed by atoms with Crippen LogP contribution in [0.15, 0.2) is 61.1 Å². The zero-order valence-corrected chi connectivity index (χ0v) is 18.9. The first-order valence-corrected chi connectivity index (χ1v) is 11.2. The molecule has 10 heteroatoms. The summed E-state index contributed by atoms with van der Waals surface area (Å²) >= 11 is 0. The van der Waals surface area contributed by atoms with E-state index in [-0.39, 0.29) is 22.9 Å². The summed E-state index contributed by atoms with van der Waals surface area (Å²) in [5.41, 5.74) is 0.262. The lowest BCUT2D eigenvalue weighted by Gasteiger charge is -2.35. The molecule has 4 aromatic rings. The third-order valence-electron chi connectivity index (χ3n) is 6.19. The molecule has 180 valence electrons. The van der Waals surface area contributed by atoms with E-state index in [2.05, 4.69) is 15.1 Å². The number of rotatable bonds is 4. The van der Waals surface area contributed by atoms with E-state index in [1.54, 1.807) is 47.6 Å². The van der Waals surface area contributed by atoms with Gasteiger partial charge in [0.05, 0.1) is 25.0 Å². The highest BCUT2D eigenvalue weighted by atomic mass is 19.4. The highest BCUT2D eigenvalue weighted by molar-refractivity contribution is 6.00. The predicted molar refractivity (Wildman–Crippen MR) is 122 cm³/mol. The molecule has 35 heavy (non-hydrogen) atoms. The Bertz CT molecular complexity index is 1370. The van der Waals surface area contributed by atoms with Crippen molar-refractivity contribution in [3.63, 3.8) is 0 Å². The molecule has 0 unspecified atom stereocenters. The minimum Gasteiger partial charge on any atom is -0.497 e. The van der Waals surface area contributed by atoms with Crippen LogP contribution >= 0.6 is 0 Å². The fraction of sp³-hybridized carbons (Fsp3) is 0.280. The summed E-state index contributed by atoms with van der Waals surface area (Å²) in [6, 6.07) is 11.0. The Balaban J connectivity index is 1.63. The number of hydrogen-bond donors (Lipinski definition) is 0. The number of amides is 1. The zero-order chi connectivity index (χ0) is 24.6. The molecule has 1 fully saturated rings. The Labute approximate surface area is 199 Å². The van der Waals surface area contributed by atoms with Crippen LogP contribution in [0.2, 0.25) is 0 Å². The summed E-state index contributed by atoms with van der Waals surface area (Å²) in [6.45, 7) is 0.484. The van der Waals surface area contributed by atoms with Crippen LogP contribution < -0.4 is 4.74 Å². The van der Waals surface area contributed by atoms with E-state index < -0.39 is 17.8 Å². The van der Waals surface area contributed by atoms with E-state index in [9.17, 15) is 18.0 Å². The summed E-state index contributed by atoms with van der Waals surface area (Å²) in [5.74, 6) is 0.0761. The Hall–Kier alpha value is -3.95. The second-order valence-corrected chi connectivity index (χ2v) is 8.35. The molecule has 4 heterocycles. The number of benzene rings is 1. The van der Waals surface area contributed by atoms with Crippen molar-refractivity contribution >= 4 is 11.6 Å². The number of carbonyl (C=O) groups excluding carboxylic acids is 1. The third-order valence-corrected chi connectivity index (χ3v) is 6.19. The lowest BCUT2D eigenvalue weighted by Crippen LogP contribution is -2.38. The molecule has 0 saturated carbocycles. The molecule has 0 radical (unpaired) electrons. The normalized spacial score (nSPS) is 16.5. The van der Waals surface area contributed by atoms with Gasteiger partial charge in [-0.2, -0.15) is 18.3 Å². The van der Waals surface area contributed by atoms with Crippen LogP contribution in [0.5, 0.6) is 5.75 Å². The Morgan fingerprint density at radius 1 is 1.11 bits per heavy atom. The van der Waals surface area contributed by atoms with Gasteiger partial charge in [0.2, 0.25) is 0 Å². The molecule has 0 spiro atoms. The van der Waals surface area contributed by atoms with Crippen molar-refractivity contribution in [3.8, 4) is 17.0 Å². The maximum Gasteiger partial charge on any atom is 0.433 e. The van der Waals surface area contributed by atoms with Crippen molar-refractivity contribution in [2.24, 2.45) is 0 Å². The maximum atomic E-state index is 14.0. The molecule has 5 rings (SSSR count). The number of methoxy groups -OCH3 is 1. The van der Waals surface area contributed by atoms with Crippen LogP contribution in [0.25, 0.3) is 16.9 Å². The maximum absolute atomic E-state index is 14.0. The standard InChI is InChI=1S/C25H22F3N5O2/c1-35-18-8-4-6-16(12-18)20-13-22(25(26,27)28)33-23(31-20)19(15-30-33)24(34)32-11-3-2-9-21(32)17-7-5-10-29-14-17/h4-8,10,12-15,21H,2-3,9,11H2,1H3/t21-/m0/s1. The van der Waals surface area contributed by atoms with Gasteiger partial charge in [-0.15, -0.1) is 0 Å². The van der Waals surface area contributed by atoms with Crippen molar-refractivity contribution in [2.45, 2.75) is 31.5 Å². The van der Waals surface area contributed by atoms with E-state index in [0.717, 1.165) is 30.9 Å². The Morgan fingerprint density at radius 2 is 1.97 bits per heavy atom. The molecule has 1 saturated heterocycles. The molecule has 3 aromatic heterocycles. The molecule has 0 bridgehead atoms. The molecule has 1 aromatic carbocycles. The minimum atomic E-state index is -4.70. The first-order valence-electron chi connectivity index (χ1n) is 11.2. The molecule has 0 aliphatic carbocycles. The summed E-state index contributed by atoms with van der Waals surface area (Å²) < 4.78 is 47.9. The van der Waals surface area contributed by atoms with E-state index in [4.69, 9.17) is 4.74 Å². The highest BCUT2D eigenvalue weighted by Gasteiger charge is 2.37. The minimum absolute atomic E-state index is 0.0241. The number of alkyl halides is 3. The number of ether oxygens (including phenoxy) is 1. The first kappa shape index (κ1) is 22.8. The van der Waals surface area contributed by atoms with Gasteiger partial charge in [-0.05, 0) is 49.1 Å². The third kappa shape index (κ3) is 4.31. The van der Waals surface area contributed by atoms with Gasteiger partial charge in [-0.1, -0.05) is 18.2 Å². The number of aromatic nitrogens is 4. The number of likely N-dealkylation sites (tertiary alicyclic amines) is 1. The van der Waals surface area contributed by atoms with Crippen molar-refractivity contribution in [1.82, 2.24) is 24.5 Å². The molecular formula is C25H22F3N5O2. The van der Waals surface area contributed by atoms with E-state index in [1.807, 2.05) is 6.07 Å². The largest absolute Gasteiger partial charge is 0.497 e. The average molecular weight is 481 g/mol. The molecule has 1 aliphatic heterocycles. The van der Waals surface area contributed by atoms with Gasteiger partial charge in [0.1, 0.15) is 11.3 Å². The predicted octanol–water partition coefficient (Wildman–Crippen LogP) is 5.19. The van der Waals surface area contributed by atoms with Crippen LogP contribution in [-0.2, 0) is 6.18 Å². The van der Waals surface area contributed by atoms with Crippen molar-refractivity contribution in [1.29, 1.82) is 0 Å². The number of halogens is 3. The summed E-state index contributed by atoms with van der Waals surface area (Å²) in [6.07, 6.45) is 2.33. The fourth-order valence-corrected chi connectivity index (χ4v) is 4.49. The van der Waals surface area contributed by atoms with Crippen molar-refractivity contribution in [3.05, 3.63) is 77.9 Å². The second kappa shape index (κ2) is 9.01. The molecule has 1 atom stereocenters. The topological polar surface area (TPSA) is 72.6 Å². The van der Waals surface area contributed by atoms with Crippen LogP contribution in [0.4, 0.5) is 13.2 Å². The van der Waals surface area contributed by atoms with Crippen molar-refractivity contribution in [2.75, 3.05) is 13.7 Å². The van der Waals surface area contributed by atoms with Crippen molar-refractivity contribution < 1.29 is 22.7 Å². The number of hydrogen-bond acceptors (Lipinski definition) is 5. The summed E-state index contributed by atoms with van der Waals surface area (Å²) in [7, 11) is 1.47. The summed E-state index contributed by atoms with van der Waals surface area (Å²) in [5, 5.41) is 3.92. The quantitative estimate of drug-likeness (QED) is 0.401. The number of piperidine rings is 1. The monoisotopic (exact) mass is 481 g/mol. The Morgan fingerprint density at radius 3 is 2.71 bits per heavy atom. The number of nitrogens with zero attached hydrogens (tertiary/aromatic N) is 5. The molecule has 0 N–H and O–H groups in total. The smallest absolute Gasteiger partial charge is 0.433 e. The van der Waals surface area contributed by atoms with Gasteiger partial charge in [0, 0.05) is 24.5 Å². The Kier molecular flexibility index (Phi) is 5.88. The van der Waals surface area contributed by atoms with E-state index in [0.29, 0.717) is 22.4 Å². The molecular weight excluding hydrogens is 459 g/mol. The summed E-state index contributed by atoms with van der Waals surface area (Å²) in [4.78, 5) is 24.0. The fourth-order valence-electron chi connectivity index (χ4n) is 4.49. The van der Waals surface area contributed by atoms with Gasteiger partial charge >= 0.3 is 6.18 Å². The average Bonchev–Trinajstić information content (AvgIpc) is 3.31. The molecule has 1 aliphatic rings. The van der Waals surface area contributed by atoms with Gasteiger partial charge in [-0.3, -0.25) is 9.78 Å². The van der Waals surface area contributed by atoms with Crippen LogP contribution in [0.1, 0.15) is 46.9 Å². The first-order chi connectivity index (χ1) is 16.9. The van der Waals surface area contributed by atoms with Crippen LogP contribution in [0, 0.1) is 0 Å². The zero-order valence-electron chi connectivity index (χ0n) is 18.9. The van der Waals surface area contributed by atoms with E-state index >= 15 is 0 Å². The van der Waals surface area contributed by atoms with Gasteiger partial charge in [-0.25, -0.2) is 9.50 Å². The lowest BCUT2D eigenvalue weighted by molar-refractivity contribution is -0.142. The van der Waals surface area contributed by atoms with Gasteiger partial charge in [0.25, 0.3) is 5.91 Å². The molecule has 1 amide bonds. The SMILES string of the molecule is COc1cccc(-c2cc(C(F)(F)F)n3ncc(C(=O)N4CCCC[C@H]4c4cccnc4)c3n2)c1. The number of pyridine rings is 1. The second-order valence-electron chi connectivity index (χ2n) is 8.35. The molecule has 7 nitrogen and oxygen atoms in total. The van der Waals surface area contributed by atoms with Gasteiger partial charge in [0.15, 0.2) is 11.3 Å². The van der Waals surface area contributed by atoms with E-state index in [1.165, 1.54) is 13.3 Å². The van der Waals surface area contributed by atoms with Crippen LogP contribution in [0.3, 0.4) is 0 Å².